The predicted octanol–water partition coefficient (Wildman–Crippen LogP) is 1.68. The molecule has 0 amide bonds. The molecule has 6 nitrogen and oxygen atoms in total. The van der Waals surface area contributed by atoms with E-state index in [2.05, 4.69) is 52.9 Å². The van der Waals surface area contributed by atoms with Crippen LogP contribution in [0.4, 0.5) is 11.6 Å². The van der Waals surface area contributed by atoms with Crippen LogP contribution < -0.4 is 10.2 Å². The Kier molecular flexibility index (Phi) is 4.77. The van der Waals surface area contributed by atoms with Gasteiger partial charge in [0, 0.05) is 38.9 Å². The van der Waals surface area contributed by atoms with Gasteiger partial charge >= 0.3 is 0 Å². The van der Waals surface area contributed by atoms with E-state index in [1.165, 1.54) is 6.21 Å². The molecule has 0 aliphatic carbocycles. The largest absolute Gasteiger partial charge is 0.369 e. The molecule has 0 unspecified atom stereocenters. The number of anilines is 2. The summed E-state index contributed by atoms with van der Waals surface area (Å²) >= 11 is 0. The van der Waals surface area contributed by atoms with Crippen LogP contribution in [0.25, 0.3) is 0 Å². The summed E-state index contributed by atoms with van der Waals surface area (Å²) in [7, 11) is 2.13. The van der Waals surface area contributed by atoms with Gasteiger partial charge in [-0.3, -0.25) is 0 Å². The van der Waals surface area contributed by atoms with E-state index in [9.17, 15) is 0 Å². The summed E-state index contributed by atoms with van der Waals surface area (Å²) in [5.74, 6) is 1.62. The van der Waals surface area contributed by atoms with Gasteiger partial charge in [-0.25, -0.2) is 9.97 Å². The summed E-state index contributed by atoms with van der Waals surface area (Å²) in [4.78, 5) is 13.3. The summed E-state index contributed by atoms with van der Waals surface area (Å²) in [5.41, 5.74) is 0.949. The van der Waals surface area contributed by atoms with Crippen LogP contribution in [0.3, 0.4) is 0 Å². The van der Waals surface area contributed by atoms with Crippen LogP contribution in [0.1, 0.15) is 26.3 Å². The van der Waals surface area contributed by atoms with Crippen LogP contribution in [0.5, 0.6) is 0 Å². The average Bonchev–Trinajstić information content (AvgIpc) is 2.44. The molecule has 0 saturated carbocycles. The first-order valence-electron chi connectivity index (χ1n) is 7.43. The van der Waals surface area contributed by atoms with E-state index in [4.69, 9.17) is 5.41 Å². The van der Waals surface area contributed by atoms with Gasteiger partial charge in [-0.05, 0) is 12.5 Å². The third-order valence-electron chi connectivity index (χ3n) is 3.60. The monoisotopic (exact) mass is 290 g/mol. The topological polar surface area (TPSA) is 68.1 Å². The maximum absolute atomic E-state index is 7.74. The van der Waals surface area contributed by atoms with E-state index in [-0.39, 0.29) is 5.41 Å². The second-order valence-corrected chi connectivity index (χ2v) is 6.81. The molecule has 116 valence electrons. The van der Waals surface area contributed by atoms with Crippen molar-refractivity contribution >= 4 is 17.9 Å². The fourth-order valence-corrected chi connectivity index (χ4v) is 2.28. The van der Waals surface area contributed by atoms with Crippen LogP contribution in [-0.4, -0.2) is 60.9 Å². The Morgan fingerprint density at radius 3 is 2.48 bits per heavy atom. The molecule has 6 heteroatoms. The highest BCUT2D eigenvalue weighted by Crippen LogP contribution is 2.23. The Morgan fingerprint density at radius 1 is 1.24 bits per heavy atom. The number of rotatable bonds is 4. The molecule has 1 aromatic heterocycles. The third kappa shape index (κ3) is 4.14. The maximum Gasteiger partial charge on any atom is 0.143 e. The fraction of sp³-hybridized carbons (Fsp3) is 0.667. The molecule has 2 N–H and O–H groups in total. The molecule has 1 aromatic rings. The van der Waals surface area contributed by atoms with Crippen LogP contribution >= 0.6 is 0 Å². The summed E-state index contributed by atoms with van der Waals surface area (Å²) in [6, 6.07) is 0. The standard InChI is InChI=1S/C15H26N6/c1-15(2,3)10-17-13-12(9-16)14(19-11-18-13)21-7-5-20(4)6-8-21/h9,11,16H,5-8,10H2,1-4H3,(H,17,18,19). The van der Waals surface area contributed by atoms with Crippen molar-refractivity contribution in [1.82, 2.24) is 14.9 Å². The first kappa shape index (κ1) is 15.7. The van der Waals surface area contributed by atoms with Crippen molar-refractivity contribution in [2.24, 2.45) is 5.41 Å². The van der Waals surface area contributed by atoms with Gasteiger partial charge in [0.15, 0.2) is 0 Å². The Bertz CT molecular complexity index is 485. The van der Waals surface area contributed by atoms with Gasteiger partial charge in [0.25, 0.3) is 0 Å². The Hall–Kier alpha value is -1.69. The summed E-state index contributed by atoms with van der Waals surface area (Å²) in [5, 5.41) is 11.1. The first-order valence-corrected chi connectivity index (χ1v) is 7.43. The molecule has 1 aliphatic heterocycles. The normalized spacial score (nSPS) is 16.9. The van der Waals surface area contributed by atoms with Gasteiger partial charge in [0.1, 0.15) is 18.0 Å². The molecule has 0 radical (unpaired) electrons. The minimum atomic E-state index is 0.165. The molecule has 2 heterocycles. The highest BCUT2D eigenvalue weighted by Gasteiger charge is 2.20. The maximum atomic E-state index is 7.74. The van der Waals surface area contributed by atoms with Crippen LogP contribution in [0.2, 0.25) is 0 Å². The molecule has 2 rings (SSSR count). The minimum Gasteiger partial charge on any atom is -0.369 e. The van der Waals surface area contributed by atoms with Crippen molar-refractivity contribution in [3.05, 3.63) is 11.9 Å². The third-order valence-corrected chi connectivity index (χ3v) is 3.60. The fourth-order valence-electron chi connectivity index (χ4n) is 2.28. The van der Waals surface area contributed by atoms with Crippen molar-refractivity contribution in [2.45, 2.75) is 20.8 Å². The van der Waals surface area contributed by atoms with E-state index < -0.39 is 0 Å². The van der Waals surface area contributed by atoms with E-state index in [1.807, 2.05) is 0 Å². The van der Waals surface area contributed by atoms with Gasteiger partial charge in [0.2, 0.25) is 0 Å². The molecule has 1 saturated heterocycles. The van der Waals surface area contributed by atoms with E-state index in [0.717, 1.165) is 49.9 Å². The van der Waals surface area contributed by atoms with Crippen molar-refractivity contribution in [3.63, 3.8) is 0 Å². The zero-order valence-electron chi connectivity index (χ0n) is 13.5. The number of nitrogens with one attached hydrogen (secondary N) is 2. The Balaban J connectivity index is 2.20. The molecule has 21 heavy (non-hydrogen) atoms. The van der Waals surface area contributed by atoms with E-state index in [1.54, 1.807) is 6.33 Å². The van der Waals surface area contributed by atoms with Crippen molar-refractivity contribution in [2.75, 3.05) is 50.0 Å². The molecule has 0 atom stereocenters. The number of nitrogens with zero attached hydrogens (tertiary/aromatic N) is 4. The SMILES string of the molecule is CN1CCN(c2ncnc(NCC(C)(C)C)c2C=N)CC1. The highest BCUT2D eigenvalue weighted by molar-refractivity contribution is 5.91. The molecule has 0 spiro atoms. The lowest BCUT2D eigenvalue weighted by Gasteiger charge is -2.34. The number of piperazine rings is 1. The lowest BCUT2D eigenvalue weighted by molar-refractivity contribution is 0.312. The van der Waals surface area contributed by atoms with E-state index in [0.29, 0.717) is 0 Å². The Labute approximate surface area is 127 Å². The highest BCUT2D eigenvalue weighted by atomic mass is 15.3. The van der Waals surface area contributed by atoms with Gasteiger partial charge in [-0.1, -0.05) is 20.8 Å². The first-order chi connectivity index (χ1) is 9.90. The second kappa shape index (κ2) is 6.39. The molecule has 0 bridgehead atoms. The zero-order valence-corrected chi connectivity index (χ0v) is 13.5. The zero-order chi connectivity index (χ0) is 15.5. The molecular formula is C15H26N6. The van der Waals surface area contributed by atoms with Crippen molar-refractivity contribution < 1.29 is 0 Å². The smallest absolute Gasteiger partial charge is 0.143 e. The predicted molar refractivity (Wildman–Crippen MR) is 87.6 cm³/mol. The van der Waals surface area contributed by atoms with Crippen LogP contribution in [0, 0.1) is 10.8 Å². The summed E-state index contributed by atoms with van der Waals surface area (Å²) in [6.45, 7) is 11.2. The number of aromatic nitrogens is 2. The molecule has 0 aromatic carbocycles. The molecule has 1 aliphatic rings. The summed E-state index contributed by atoms with van der Waals surface area (Å²) < 4.78 is 0. The van der Waals surface area contributed by atoms with Crippen LogP contribution in [0.15, 0.2) is 6.33 Å². The van der Waals surface area contributed by atoms with Crippen molar-refractivity contribution in [3.8, 4) is 0 Å². The Morgan fingerprint density at radius 2 is 1.90 bits per heavy atom. The minimum absolute atomic E-state index is 0.165. The second-order valence-electron chi connectivity index (χ2n) is 6.81. The van der Waals surface area contributed by atoms with E-state index >= 15 is 0 Å². The number of hydrogen-bond acceptors (Lipinski definition) is 6. The molecule has 1 fully saturated rings. The lowest BCUT2D eigenvalue weighted by atomic mass is 9.97. The molecular weight excluding hydrogens is 264 g/mol. The van der Waals surface area contributed by atoms with Crippen molar-refractivity contribution in [1.29, 1.82) is 5.41 Å². The quantitative estimate of drug-likeness (QED) is 0.826. The number of hydrogen-bond donors (Lipinski definition) is 2. The van der Waals surface area contributed by atoms with Gasteiger partial charge in [-0.15, -0.1) is 0 Å². The lowest BCUT2D eigenvalue weighted by Crippen LogP contribution is -2.45. The van der Waals surface area contributed by atoms with Gasteiger partial charge < -0.3 is 20.5 Å². The summed E-state index contributed by atoms with van der Waals surface area (Å²) in [6.07, 6.45) is 2.95. The van der Waals surface area contributed by atoms with Gasteiger partial charge in [0.05, 0.1) is 5.56 Å². The average molecular weight is 290 g/mol. The van der Waals surface area contributed by atoms with Gasteiger partial charge in [-0.2, -0.15) is 0 Å². The van der Waals surface area contributed by atoms with Crippen LogP contribution in [-0.2, 0) is 0 Å². The number of likely N-dealkylation sites (N-methyl/N-ethyl adjacent to an activating group) is 1.